The molecule has 0 saturated carbocycles. The maximum atomic E-state index is 13.3. The molecule has 0 fully saturated rings. The quantitative estimate of drug-likeness (QED) is 0.514. The predicted octanol–water partition coefficient (Wildman–Crippen LogP) is 4.96. The number of methoxy groups -OCH3 is 3. The van der Waals surface area contributed by atoms with Crippen LogP contribution in [0.15, 0.2) is 60.0 Å². The van der Waals surface area contributed by atoms with E-state index in [0.717, 1.165) is 17.5 Å². The van der Waals surface area contributed by atoms with Crippen molar-refractivity contribution >= 4 is 23.3 Å². The van der Waals surface area contributed by atoms with E-state index >= 15 is 0 Å². The first-order valence-corrected chi connectivity index (χ1v) is 10.9. The van der Waals surface area contributed by atoms with Crippen LogP contribution in [0, 0.1) is 0 Å². The van der Waals surface area contributed by atoms with Gasteiger partial charge in [-0.1, -0.05) is 30.3 Å². The van der Waals surface area contributed by atoms with Crippen LogP contribution in [0.5, 0.6) is 17.2 Å². The summed E-state index contributed by atoms with van der Waals surface area (Å²) < 4.78 is 16.2. The Labute approximate surface area is 186 Å². The average Bonchev–Trinajstić information content (AvgIpc) is 3.30. The van der Waals surface area contributed by atoms with Crippen LogP contribution < -0.4 is 14.2 Å². The Morgan fingerprint density at radius 3 is 2.39 bits per heavy atom. The van der Waals surface area contributed by atoms with Gasteiger partial charge in [0.15, 0.2) is 11.5 Å². The Morgan fingerprint density at radius 2 is 1.74 bits per heavy atom. The molecule has 31 heavy (non-hydrogen) atoms. The third-order valence-corrected chi connectivity index (χ3v) is 6.47. The minimum absolute atomic E-state index is 0.0283. The van der Waals surface area contributed by atoms with Gasteiger partial charge in [-0.25, -0.2) is 0 Å². The van der Waals surface area contributed by atoms with Gasteiger partial charge >= 0.3 is 0 Å². The van der Waals surface area contributed by atoms with Crippen LogP contribution in [0.4, 0.5) is 0 Å². The van der Waals surface area contributed by atoms with Gasteiger partial charge in [-0.2, -0.15) is 0 Å². The van der Waals surface area contributed by atoms with Crippen molar-refractivity contribution in [1.29, 1.82) is 0 Å². The first kappa shape index (κ1) is 21.0. The van der Waals surface area contributed by atoms with Crippen molar-refractivity contribution < 1.29 is 19.0 Å². The monoisotopic (exact) mass is 435 g/mol. The zero-order valence-electron chi connectivity index (χ0n) is 17.8. The Kier molecular flexibility index (Phi) is 6.28. The van der Waals surface area contributed by atoms with Crippen LogP contribution >= 0.6 is 11.3 Å². The summed E-state index contributed by atoms with van der Waals surface area (Å²) >= 11 is 1.76. The highest BCUT2D eigenvalue weighted by Gasteiger charge is 2.31. The van der Waals surface area contributed by atoms with Crippen molar-refractivity contribution in [2.24, 2.45) is 0 Å². The highest BCUT2D eigenvalue weighted by atomic mass is 32.1. The average molecular weight is 436 g/mol. The molecule has 2 aromatic carbocycles. The van der Waals surface area contributed by atoms with E-state index in [4.69, 9.17) is 14.2 Å². The maximum Gasteiger partial charge on any atom is 0.247 e. The minimum atomic E-state index is -0.0757. The second-order valence-corrected chi connectivity index (χ2v) is 8.19. The zero-order valence-corrected chi connectivity index (χ0v) is 18.6. The van der Waals surface area contributed by atoms with E-state index < -0.39 is 0 Å². The molecule has 1 atom stereocenters. The molecule has 1 aliphatic rings. The second-order valence-electron chi connectivity index (χ2n) is 7.19. The van der Waals surface area contributed by atoms with E-state index in [0.29, 0.717) is 23.8 Å². The molecule has 0 unspecified atom stereocenters. The summed E-state index contributed by atoms with van der Waals surface area (Å²) in [6, 6.07) is 15.9. The van der Waals surface area contributed by atoms with Crippen LogP contribution in [0.2, 0.25) is 0 Å². The van der Waals surface area contributed by atoms with E-state index in [1.807, 2.05) is 35.2 Å². The van der Waals surface area contributed by atoms with Crippen LogP contribution in [-0.2, 0) is 11.2 Å². The van der Waals surface area contributed by atoms with Crippen LogP contribution in [-0.4, -0.2) is 38.7 Å². The second kappa shape index (κ2) is 9.27. The molecule has 0 radical (unpaired) electrons. The fourth-order valence-corrected chi connectivity index (χ4v) is 4.91. The molecule has 1 amide bonds. The summed E-state index contributed by atoms with van der Waals surface area (Å²) in [5.74, 6) is 1.60. The van der Waals surface area contributed by atoms with Crippen LogP contribution in [0.25, 0.3) is 6.08 Å². The lowest BCUT2D eigenvalue weighted by atomic mass is 9.93. The number of hydrogen-bond acceptors (Lipinski definition) is 5. The lowest BCUT2D eigenvalue weighted by Gasteiger charge is -2.35. The highest BCUT2D eigenvalue weighted by molar-refractivity contribution is 7.10. The van der Waals surface area contributed by atoms with Crippen molar-refractivity contribution in [1.82, 2.24) is 4.90 Å². The number of carbonyl (C=O) groups is 1. The lowest BCUT2D eigenvalue weighted by molar-refractivity contribution is -0.127. The van der Waals surface area contributed by atoms with Gasteiger partial charge in [0, 0.05) is 17.5 Å². The van der Waals surface area contributed by atoms with Gasteiger partial charge in [0.05, 0.1) is 27.4 Å². The number of nitrogens with zero attached hydrogens (tertiary/aromatic N) is 1. The number of fused-ring (bicyclic) bond motifs is 1. The molecular formula is C25H25NO4S. The summed E-state index contributed by atoms with van der Waals surface area (Å²) in [5.41, 5.74) is 3.14. The van der Waals surface area contributed by atoms with E-state index in [1.165, 1.54) is 10.4 Å². The SMILES string of the molecule is COc1cc(/C=C/C(=O)N2CCc3sccc3[C@H]2c2ccccc2)cc(OC)c1OC. The largest absolute Gasteiger partial charge is 0.493 e. The van der Waals surface area contributed by atoms with Gasteiger partial charge in [0.2, 0.25) is 11.7 Å². The van der Waals surface area contributed by atoms with Crippen molar-refractivity contribution in [3.05, 3.63) is 81.6 Å². The topological polar surface area (TPSA) is 48.0 Å². The normalized spacial score (nSPS) is 15.6. The van der Waals surface area contributed by atoms with E-state index in [1.54, 1.807) is 44.8 Å². The number of ether oxygens (including phenoxy) is 3. The molecule has 160 valence electrons. The van der Waals surface area contributed by atoms with Gasteiger partial charge < -0.3 is 19.1 Å². The van der Waals surface area contributed by atoms with Gasteiger partial charge in [0.25, 0.3) is 0 Å². The fraction of sp³-hybridized carbons (Fsp3) is 0.240. The van der Waals surface area contributed by atoms with Crippen LogP contribution in [0.1, 0.15) is 27.6 Å². The highest BCUT2D eigenvalue weighted by Crippen LogP contribution is 2.39. The number of rotatable bonds is 6. The van der Waals surface area contributed by atoms with Crippen molar-refractivity contribution in [3.63, 3.8) is 0 Å². The Hall–Kier alpha value is -3.25. The summed E-state index contributed by atoms with van der Waals surface area (Å²) in [4.78, 5) is 16.6. The predicted molar refractivity (Wildman–Crippen MR) is 123 cm³/mol. The van der Waals surface area contributed by atoms with Gasteiger partial charge in [0.1, 0.15) is 0 Å². The number of carbonyl (C=O) groups excluding carboxylic acids is 1. The summed E-state index contributed by atoms with van der Waals surface area (Å²) in [7, 11) is 4.72. The maximum absolute atomic E-state index is 13.3. The molecule has 3 aromatic rings. The molecule has 1 aliphatic heterocycles. The molecular weight excluding hydrogens is 410 g/mol. The van der Waals surface area contributed by atoms with Crippen molar-refractivity contribution in [3.8, 4) is 17.2 Å². The molecule has 2 heterocycles. The summed E-state index contributed by atoms with van der Waals surface area (Å²) in [6.07, 6.45) is 4.28. The molecule has 0 N–H and O–H groups in total. The van der Waals surface area contributed by atoms with Gasteiger partial charge in [-0.05, 0) is 52.8 Å². The zero-order chi connectivity index (χ0) is 21.8. The van der Waals surface area contributed by atoms with Gasteiger partial charge in [-0.15, -0.1) is 11.3 Å². The number of thiophene rings is 1. The minimum Gasteiger partial charge on any atom is -0.493 e. The molecule has 0 saturated heterocycles. The first-order valence-electron chi connectivity index (χ1n) is 10.1. The third-order valence-electron chi connectivity index (χ3n) is 5.47. The molecule has 1 aromatic heterocycles. The third kappa shape index (κ3) is 4.16. The van der Waals surface area contributed by atoms with Crippen molar-refractivity contribution in [2.45, 2.75) is 12.5 Å². The molecule has 0 spiro atoms. The Balaban J connectivity index is 1.64. The molecule has 4 rings (SSSR count). The lowest BCUT2D eigenvalue weighted by Crippen LogP contribution is -2.39. The van der Waals surface area contributed by atoms with E-state index in [9.17, 15) is 4.79 Å². The van der Waals surface area contributed by atoms with Gasteiger partial charge in [-0.3, -0.25) is 4.79 Å². The molecule has 0 bridgehead atoms. The number of amides is 1. The molecule has 5 nitrogen and oxygen atoms in total. The Morgan fingerprint density at radius 1 is 1.03 bits per heavy atom. The Bertz CT molecular complexity index is 1060. The summed E-state index contributed by atoms with van der Waals surface area (Å²) in [5, 5.41) is 2.11. The number of hydrogen-bond donors (Lipinski definition) is 0. The summed E-state index contributed by atoms with van der Waals surface area (Å²) in [6.45, 7) is 0.686. The number of benzene rings is 2. The fourth-order valence-electron chi connectivity index (χ4n) is 4.01. The molecule has 0 aliphatic carbocycles. The first-order chi connectivity index (χ1) is 15.2. The smallest absolute Gasteiger partial charge is 0.247 e. The molecule has 6 heteroatoms. The standard InChI is InChI=1S/C25H25NO4S/c1-28-20-15-17(16-21(29-2)25(20)30-3)9-10-23(27)26-13-11-22-19(12-14-31-22)24(26)18-7-5-4-6-8-18/h4-10,12,14-16,24H,11,13H2,1-3H3/b10-9+/t24-/m1/s1. The van der Waals surface area contributed by atoms with Crippen molar-refractivity contribution in [2.75, 3.05) is 27.9 Å². The van der Waals surface area contributed by atoms with E-state index in [2.05, 4.69) is 23.6 Å². The van der Waals surface area contributed by atoms with E-state index in [-0.39, 0.29) is 11.9 Å². The van der Waals surface area contributed by atoms with Crippen LogP contribution in [0.3, 0.4) is 0 Å².